The number of thiophene rings is 1. The molecule has 1 amide bonds. The standard InChI is InChI=1S/C24H30N2O3S/c1-4-26(5-2)23(27)21-11-10-20(30-21)17-16-24(12-7-14-25-15-13-24)29-19-9-6-8-18(28-3)22(17)19/h6,8-11,16,25H,4-5,7,12-15H2,1-3H3. The van der Waals surface area contributed by atoms with Crippen LogP contribution in [0.3, 0.4) is 0 Å². The lowest BCUT2D eigenvalue weighted by atomic mass is 9.86. The van der Waals surface area contributed by atoms with Gasteiger partial charge in [-0.2, -0.15) is 0 Å². The minimum atomic E-state index is -0.328. The van der Waals surface area contributed by atoms with Crippen LogP contribution < -0.4 is 14.8 Å². The van der Waals surface area contributed by atoms with Crippen molar-refractivity contribution in [3.05, 3.63) is 51.7 Å². The normalized spacial score (nSPS) is 20.7. The molecular formula is C24H30N2O3S. The summed E-state index contributed by atoms with van der Waals surface area (Å²) in [6.45, 7) is 7.40. The molecule has 1 unspecified atom stereocenters. The highest BCUT2D eigenvalue weighted by atomic mass is 32.1. The second-order valence-electron chi connectivity index (χ2n) is 7.80. The minimum absolute atomic E-state index is 0.0949. The number of ether oxygens (including phenoxy) is 2. The number of amides is 1. The molecule has 1 aromatic carbocycles. The van der Waals surface area contributed by atoms with Gasteiger partial charge in [-0.3, -0.25) is 4.79 Å². The molecule has 6 heteroatoms. The fourth-order valence-electron chi connectivity index (χ4n) is 4.38. The Morgan fingerprint density at radius 1 is 1.20 bits per heavy atom. The van der Waals surface area contributed by atoms with Gasteiger partial charge in [0.15, 0.2) is 0 Å². The third-order valence-corrected chi connectivity index (χ3v) is 7.12. The first-order valence-electron chi connectivity index (χ1n) is 10.8. The van der Waals surface area contributed by atoms with E-state index in [9.17, 15) is 4.79 Å². The molecule has 0 bridgehead atoms. The van der Waals surface area contributed by atoms with Gasteiger partial charge in [0.05, 0.1) is 17.6 Å². The average Bonchev–Trinajstić information content (AvgIpc) is 3.16. The predicted molar refractivity (Wildman–Crippen MR) is 122 cm³/mol. The van der Waals surface area contributed by atoms with Crippen LogP contribution in [0.5, 0.6) is 11.5 Å². The summed E-state index contributed by atoms with van der Waals surface area (Å²) in [6.07, 6.45) is 5.24. The Balaban J connectivity index is 1.80. The smallest absolute Gasteiger partial charge is 0.263 e. The highest BCUT2D eigenvalue weighted by Gasteiger charge is 2.37. The van der Waals surface area contributed by atoms with Crippen LogP contribution in [0, 0.1) is 0 Å². The van der Waals surface area contributed by atoms with Crippen molar-refractivity contribution in [1.29, 1.82) is 0 Å². The predicted octanol–water partition coefficient (Wildman–Crippen LogP) is 4.58. The molecule has 0 aliphatic carbocycles. The Bertz CT molecular complexity index is 938. The summed E-state index contributed by atoms with van der Waals surface area (Å²) in [5.41, 5.74) is 1.76. The zero-order valence-electron chi connectivity index (χ0n) is 18.0. The van der Waals surface area contributed by atoms with E-state index in [0.717, 1.165) is 64.7 Å². The van der Waals surface area contributed by atoms with Gasteiger partial charge in [-0.15, -0.1) is 11.3 Å². The van der Waals surface area contributed by atoms with E-state index in [2.05, 4.69) is 17.5 Å². The molecule has 1 spiro atoms. The van der Waals surface area contributed by atoms with E-state index < -0.39 is 0 Å². The summed E-state index contributed by atoms with van der Waals surface area (Å²) in [5.74, 6) is 1.75. The molecule has 3 heterocycles. The van der Waals surface area contributed by atoms with E-state index >= 15 is 0 Å². The van der Waals surface area contributed by atoms with E-state index in [4.69, 9.17) is 9.47 Å². The van der Waals surface area contributed by atoms with Crippen molar-refractivity contribution in [3.63, 3.8) is 0 Å². The lowest BCUT2D eigenvalue weighted by molar-refractivity contribution is 0.0777. The van der Waals surface area contributed by atoms with Crippen LogP contribution >= 0.6 is 11.3 Å². The minimum Gasteiger partial charge on any atom is -0.496 e. The number of hydrogen-bond acceptors (Lipinski definition) is 5. The highest BCUT2D eigenvalue weighted by molar-refractivity contribution is 7.15. The van der Waals surface area contributed by atoms with Crippen LogP contribution in [0.4, 0.5) is 0 Å². The van der Waals surface area contributed by atoms with Gasteiger partial charge in [0, 0.05) is 30.0 Å². The highest BCUT2D eigenvalue weighted by Crippen LogP contribution is 2.47. The molecule has 2 aromatic rings. The van der Waals surface area contributed by atoms with Gasteiger partial charge in [-0.25, -0.2) is 0 Å². The maximum atomic E-state index is 12.9. The fraction of sp³-hybridized carbons (Fsp3) is 0.458. The molecule has 30 heavy (non-hydrogen) atoms. The Labute approximate surface area is 182 Å². The fourth-order valence-corrected chi connectivity index (χ4v) is 5.38. The Kier molecular flexibility index (Phi) is 6.16. The summed E-state index contributed by atoms with van der Waals surface area (Å²) in [5, 5.41) is 3.48. The molecule has 5 nitrogen and oxygen atoms in total. The van der Waals surface area contributed by atoms with Crippen molar-refractivity contribution < 1.29 is 14.3 Å². The molecule has 1 saturated heterocycles. The number of methoxy groups -OCH3 is 1. The number of fused-ring (bicyclic) bond motifs is 1. The van der Waals surface area contributed by atoms with Gasteiger partial charge in [-0.1, -0.05) is 6.07 Å². The molecule has 4 rings (SSSR count). The molecule has 0 radical (unpaired) electrons. The van der Waals surface area contributed by atoms with Crippen LogP contribution in [0.15, 0.2) is 36.4 Å². The summed E-state index contributed by atoms with van der Waals surface area (Å²) in [6, 6.07) is 10.00. The quantitative estimate of drug-likeness (QED) is 0.761. The number of carbonyl (C=O) groups excluding carboxylic acids is 1. The lowest BCUT2D eigenvalue weighted by Crippen LogP contribution is -2.37. The summed E-state index contributed by atoms with van der Waals surface area (Å²) < 4.78 is 12.3. The number of benzene rings is 1. The molecule has 1 atom stereocenters. The zero-order chi connectivity index (χ0) is 21.1. The maximum absolute atomic E-state index is 12.9. The van der Waals surface area contributed by atoms with Crippen molar-refractivity contribution in [2.24, 2.45) is 0 Å². The van der Waals surface area contributed by atoms with Crippen LogP contribution in [-0.4, -0.2) is 49.7 Å². The first-order valence-corrected chi connectivity index (χ1v) is 11.6. The van der Waals surface area contributed by atoms with Crippen molar-refractivity contribution in [1.82, 2.24) is 10.2 Å². The number of rotatable bonds is 5. The van der Waals surface area contributed by atoms with Gasteiger partial charge >= 0.3 is 0 Å². The van der Waals surface area contributed by atoms with Crippen molar-refractivity contribution in [3.8, 4) is 11.5 Å². The monoisotopic (exact) mass is 426 g/mol. The zero-order valence-corrected chi connectivity index (χ0v) is 18.8. The van der Waals surface area contributed by atoms with Crippen LogP contribution in [0.25, 0.3) is 5.57 Å². The van der Waals surface area contributed by atoms with Gasteiger partial charge in [0.1, 0.15) is 17.1 Å². The van der Waals surface area contributed by atoms with E-state index in [1.807, 2.05) is 43.0 Å². The Hall–Kier alpha value is -2.31. The van der Waals surface area contributed by atoms with Gasteiger partial charge in [0.2, 0.25) is 0 Å². The average molecular weight is 427 g/mol. The topological polar surface area (TPSA) is 50.8 Å². The first-order chi connectivity index (χ1) is 14.6. The SMILES string of the molecule is CCN(CC)C(=O)c1ccc(C2=CC3(CCCNCC3)Oc3cccc(OC)c32)s1. The molecule has 1 N–H and O–H groups in total. The number of nitrogens with zero attached hydrogens (tertiary/aromatic N) is 1. The Morgan fingerprint density at radius 2 is 2.03 bits per heavy atom. The van der Waals surface area contributed by atoms with Crippen molar-refractivity contribution in [2.45, 2.75) is 38.7 Å². The molecule has 2 aliphatic rings. The van der Waals surface area contributed by atoms with Gasteiger partial charge in [0.25, 0.3) is 5.91 Å². The van der Waals surface area contributed by atoms with Crippen LogP contribution in [0.2, 0.25) is 0 Å². The first kappa shape index (κ1) is 20.9. The summed E-state index contributed by atoms with van der Waals surface area (Å²) in [4.78, 5) is 16.6. The van der Waals surface area contributed by atoms with Gasteiger partial charge in [-0.05, 0) is 70.1 Å². The molecule has 1 fully saturated rings. The van der Waals surface area contributed by atoms with Crippen molar-refractivity contribution >= 4 is 22.8 Å². The molecule has 160 valence electrons. The van der Waals surface area contributed by atoms with E-state index in [1.165, 1.54) is 0 Å². The molecule has 0 saturated carbocycles. The Morgan fingerprint density at radius 3 is 2.80 bits per heavy atom. The molecule has 1 aromatic heterocycles. The van der Waals surface area contributed by atoms with E-state index in [1.54, 1.807) is 18.4 Å². The number of nitrogens with one attached hydrogen (secondary N) is 1. The third-order valence-electron chi connectivity index (χ3n) is 6.01. The van der Waals surface area contributed by atoms with Gasteiger partial charge < -0.3 is 19.7 Å². The number of hydrogen-bond donors (Lipinski definition) is 1. The van der Waals surface area contributed by atoms with Crippen molar-refractivity contribution in [2.75, 3.05) is 33.3 Å². The molecular weight excluding hydrogens is 396 g/mol. The second-order valence-corrected chi connectivity index (χ2v) is 8.89. The van der Waals surface area contributed by atoms with Crippen LogP contribution in [0.1, 0.15) is 53.2 Å². The largest absolute Gasteiger partial charge is 0.496 e. The third kappa shape index (κ3) is 3.86. The van der Waals surface area contributed by atoms with E-state index in [0.29, 0.717) is 13.1 Å². The molecule has 2 aliphatic heterocycles. The van der Waals surface area contributed by atoms with E-state index in [-0.39, 0.29) is 11.5 Å². The second kappa shape index (κ2) is 8.82. The maximum Gasteiger partial charge on any atom is 0.263 e. The summed E-state index contributed by atoms with van der Waals surface area (Å²) >= 11 is 1.56. The lowest BCUT2D eigenvalue weighted by Gasteiger charge is -2.36. The summed E-state index contributed by atoms with van der Waals surface area (Å²) in [7, 11) is 1.69. The van der Waals surface area contributed by atoms with Crippen LogP contribution in [-0.2, 0) is 0 Å². The number of carbonyl (C=O) groups is 1.